The van der Waals surface area contributed by atoms with Crippen LogP contribution in [0.25, 0.3) is 0 Å². The van der Waals surface area contributed by atoms with Crippen LogP contribution in [0.4, 0.5) is 16.2 Å². The highest BCUT2D eigenvalue weighted by Crippen LogP contribution is 2.52. The second kappa shape index (κ2) is 12.1. The predicted octanol–water partition coefficient (Wildman–Crippen LogP) is 0.418. The normalized spacial score (nSPS) is 27.4. The van der Waals surface area contributed by atoms with Crippen molar-refractivity contribution in [3.8, 4) is 5.75 Å². The van der Waals surface area contributed by atoms with Gasteiger partial charge in [0.25, 0.3) is 0 Å². The van der Waals surface area contributed by atoms with Crippen LogP contribution < -0.4 is 16.0 Å². The molecule has 2 amide bonds. The SMILES string of the molecule is CN(C)c1cc(NC(=O)OCOC(=O)CC(C)(C)C)c(O)c2c1C[C@H]1C[C@H]3[C@H](N(C)C)C(=O)C(C(N)=O)C(=O)[C@@]3(O)C(=O)C1C2=O. The van der Waals surface area contributed by atoms with Gasteiger partial charge in [0, 0.05) is 25.7 Å². The molecular formula is C31H40N4O11. The molecule has 3 aliphatic rings. The lowest BCUT2D eigenvalue weighted by molar-refractivity contribution is -0.181. The van der Waals surface area contributed by atoms with Crippen molar-refractivity contribution in [2.75, 3.05) is 45.2 Å². The highest BCUT2D eigenvalue weighted by Gasteiger charge is 2.69. The number of ether oxygens (including phenoxy) is 2. The number of esters is 1. The van der Waals surface area contributed by atoms with Gasteiger partial charge in [-0.1, -0.05) is 20.8 Å². The third-order valence-corrected chi connectivity index (χ3v) is 8.84. The Morgan fingerprint density at radius 3 is 2.24 bits per heavy atom. The number of primary amides is 1. The molecule has 2 fully saturated rings. The minimum Gasteiger partial charge on any atom is -0.505 e. The molecule has 0 radical (unpaired) electrons. The number of Topliss-reactive ketones (excluding diaryl/α,β-unsaturated/α-hetero) is 4. The summed E-state index contributed by atoms with van der Waals surface area (Å²) in [4.78, 5) is 94.5. The van der Waals surface area contributed by atoms with Gasteiger partial charge >= 0.3 is 12.1 Å². The molecule has 2 unspecified atom stereocenters. The van der Waals surface area contributed by atoms with Gasteiger partial charge in [0.15, 0.2) is 34.7 Å². The molecule has 15 heteroatoms. The first kappa shape index (κ1) is 34.5. The summed E-state index contributed by atoms with van der Waals surface area (Å²) in [6.45, 7) is 4.79. The molecule has 0 aliphatic heterocycles. The number of nitrogens with two attached hydrogens (primary N) is 1. The lowest BCUT2D eigenvalue weighted by Gasteiger charge is -2.52. The van der Waals surface area contributed by atoms with E-state index in [4.69, 9.17) is 15.2 Å². The van der Waals surface area contributed by atoms with Crippen molar-refractivity contribution < 1.29 is 53.2 Å². The van der Waals surface area contributed by atoms with E-state index < -0.39 is 89.0 Å². The van der Waals surface area contributed by atoms with E-state index in [9.17, 15) is 43.8 Å². The number of rotatable bonds is 7. The number of aliphatic hydroxyl groups is 1. The van der Waals surface area contributed by atoms with Gasteiger partial charge in [-0.3, -0.25) is 39.0 Å². The number of phenols is 1. The molecule has 0 spiro atoms. The van der Waals surface area contributed by atoms with Gasteiger partial charge in [-0.15, -0.1) is 0 Å². The van der Waals surface area contributed by atoms with Crippen LogP contribution in [0.3, 0.4) is 0 Å². The van der Waals surface area contributed by atoms with E-state index in [-0.39, 0.29) is 35.9 Å². The summed E-state index contributed by atoms with van der Waals surface area (Å²) in [5.74, 6) is -12.6. The second-order valence-electron chi connectivity index (χ2n) is 13.8. The summed E-state index contributed by atoms with van der Waals surface area (Å²) < 4.78 is 9.84. The maximum Gasteiger partial charge on any atom is 0.414 e. The number of hydrogen-bond donors (Lipinski definition) is 4. The number of benzene rings is 1. The number of carbonyl (C=O) groups is 7. The third kappa shape index (κ3) is 5.84. The van der Waals surface area contributed by atoms with E-state index in [0.717, 1.165) is 0 Å². The van der Waals surface area contributed by atoms with Crippen molar-refractivity contribution in [3.63, 3.8) is 0 Å². The quantitative estimate of drug-likeness (QED) is 0.137. The van der Waals surface area contributed by atoms with Gasteiger partial charge in [0.1, 0.15) is 5.75 Å². The van der Waals surface area contributed by atoms with E-state index in [2.05, 4.69) is 5.32 Å². The summed E-state index contributed by atoms with van der Waals surface area (Å²) in [5.41, 5.74) is 2.36. The zero-order chi connectivity index (χ0) is 34.6. The number of carbonyl (C=O) groups excluding carboxylic acids is 7. The van der Waals surface area contributed by atoms with Crippen LogP contribution in [0.1, 0.15) is 49.5 Å². The van der Waals surface area contributed by atoms with Crippen LogP contribution in [-0.4, -0.2) is 103 Å². The predicted molar refractivity (Wildman–Crippen MR) is 161 cm³/mol. The zero-order valence-corrected chi connectivity index (χ0v) is 26.8. The van der Waals surface area contributed by atoms with Crippen LogP contribution in [0.5, 0.6) is 5.75 Å². The van der Waals surface area contributed by atoms with Crippen molar-refractivity contribution in [3.05, 3.63) is 17.2 Å². The number of anilines is 2. The Hall–Kier alpha value is -4.37. The molecule has 0 aromatic heterocycles. The maximum absolute atomic E-state index is 14.1. The molecule has 4 rings (SSSR count). The molecule has 15 nitrogen and oxygen atoms in total. The molecule has 2 saturated carbocycles. The topological polar surface area (TPSA) is 223 Å². The summed E-state index contributed by atoms with van der Waals surface area (Å²) in [6, 6.07) is 0.192. The Kier molecular flexibility index (Phi) is 9.07. The molecule has 0 heterocycles. The van der Waals surface area contributed by atoms with Crippen molar-refractivity contribution in [1.82, 2.24) is 4.90 Å². The van der Waals surface area contributed by atoms with Gasteiger partial charge in [-0.05, 0) is 49.9 Å². The van der Waals surface area contributed by atoms with Crippen LogP contribution >= 0.6 is 0 Å². The lowest BCUT2D eigenvalue weighted by Crippen LogP contribution is -2.74. The number of nitrogens with zero attached hydrogens (tertiary/aromatic N) is 2. The first-order valence-electron chi connectivity index (χ1n) is 14.7. The zero-order valence-electron chi connectivity index (χ0n) is 26.8. The highest BCUT2D eigenvalue weighted by molar-refractivity contribution is 6.32. The standard InChI is InChI=1S/C31H40N4O11/c1-30(2,3)11-18(36)45-12-46-29(43)33-16-10-17(34(4)5)14-8-13-9-15-22(35(6)7)25(39)21(28(32)42)27(41)31(15,44)26(40)19(13)24(38)20(14)23(16)37/h10,13,15,19,21-22,37,44H,8-9,11-12H2,1-7H3,(H2,32,42)(H,33,43)/t13-,15-,19?,21?,22-,31-/m0/s1. The Balaban J connectivity index is 1.69. The molecule has 6 atom stereocenters. The minimum atomic E-state index is -2.86. The smallest absolute Gasteiger partial charge is 0.414 e. The van der Waals surface area contributed by atoms with Gasteiger partial charge in [0.2, 0.25) is 12.7 Å². The number of nitrogens with one attached hydrogen (secondary N) is 1. The fraction of sp³-hybridized carbons (Fsp3) is 0.581. The molecule has 0 saturated heterocycles. The number of aromatic hydroxyl groups is 1. The number of likely N-dealkylation sites (N-methyl/N-ethyl adjacent to an activating group) is 1. The Morgan fingerprint density at radius 2 is 1.70 bits per heavy atom. The number of phenolic OH excluding ortho intramolecular Hbond substituents is 1. The molecular weight excluding hydrogens is 604 g/mol. The van der Waals surface area contributed by atoms with Crippen molar-refractivity contribution in [1.29, 1.82) is 0 Å². The van der Waals surface area contributed by atoms with Gasteiger partial charge in [0.05, 0.1) is 29.6 Å². The Morgan fingerprint density at radius 1 is 1.07 bits per heavy atom. The van der Waals surface area contributed by atoms with Gasteiger partial charge < -0.3 is 30.3 Å². The average Bonchev–Trinajstić information content (AvgIpc) is 2.90. The third-order valence-electron chi connectivity index (χ3n) is 8.84. The first-order chi connectivity index (χ1) is 21.2. The van der Waals surface area contributed by atoms with Gasteiger partial charge in [-0.2, -0.15) is 0 Å². The van der Waals surface area contributed by atoms with Crippen molar-refractivity contribution >= 4 is 52.5 Å². The van der Waals surface area contributed by atoms with Crippen LogP contribution in [0, 0.1) is 29.1 Å². The molecule has 250 valence electrons. The molecule has 3 aliphatic carbocycles. The van der Waals surface area contributed by atoms with Crippen molar-refractivity contribution in [2.24, 2.45) is 34.8 Å². The van der Waals surface area contributed by atoms with E-state index in [1.807, 2.05) is 20.8 Å². The monoisotopic (exact) mass is 644 g/mol. The van der Waals surface area contributed by atoms with Crippen molar-refractivity contribution in [2.45, 2.75) is 51.7 Å². The highest BCUT2D eigenvalue weighted by atomic mass is 16.7. The summed E-state index contributed by atoms with van der Waals surface area (Å²) in [6.07, 6.45) is -1.09. The van der Waals surface area contributed by atoms with Crippen LogP contribution in [0.15, 0.2) is 6.07 Å². The number of hydrogen-bond acceptors (Lipinski definition) is 13. The Labute approximate surface area is 265 Å². The molecule has 1 aromatic carbocycles. The molecule has 1 aromatic rings. The van der Waals surface area contributed by atoms with E-state index in [1.165, 1.54) is 25.1 Å². The second-order valence-corrected chi connectivity index (χ2v) is 13.8. The van der Waals surface area contributed by atoms with Gasteiger partial charge in [-0.25, -0.2) is 4.79 Å². The summed E-state index contributed by atoms with van der Waals surface area (Å²) in [7, 11) is 6.34. The lowest BCUT2D eigenvalue weighted by atomic mass is 9.52. The summed E-state index contributed by atoms with van der Waals surface area (Å²) in [5, 5.41) is 25.3. The van der Waals surface area contributed by atoms with Crippen LogP contribution in [-0.2, 0) is 39.9 Å². The summed E-state index contributed by atoms with van der Waals surface area (Å²) >= 11 is 0. The fourth-order valence-electron chi connectivity index (χ4n) is 6.93. The van der Waals surface area contributed by atoms with Crippen LogP contribution in [0.2, 0.25) is 0 Å². The minimum absolute atomic E-state index is 0.0430. The van der Waals surface area contributed by atoms with E-state index >= 15 is 0 Å². The largest absolute Gasteiger partial charge is 0.505 e. The molecule has 0 bridgehead atoms. The Bertz CT molecular complexity index is 1530. The van der Waals surface area contributed by atoms with E-state index in [0.29, 0.717) is 11.3 Å². The number of ketones is 4. The maximum atomic E-state index is 14.1. The average molecular weight is 645 g/mol. The first-order valence-corrected chi connectivity index (χ1v) is 14.7. The number of fused-ring (bicyclic) bond motifs is 3. The van der Waals surface area contributed by atoms with E-state index in [1.54, 1.807) is 19.0 Å². The number of amides is 2. The molecule has 46 heavy (non-hydrogen) atoms. The molecule has 5 N–H and O–H groups in total. The fourth-order valence-corrected chi connectivity index (χ4v) is 6.93.